The first-order valence-electron chi connectivity index (χ1n) is 13.8. The van der Waals surface area contributed by atoms with Crippen molar-refractivity contribution in [3.8, 4) is 0 Å². The summed E-state index contributed by atoms with van der Waals surface area (Å²) in [7, 11) is 0. The Morgan fingerprint density at radius 2 is 1.72 bits per heavy atom. The molecule has 3 heteroatoms. The van der Waals surface area contributed by atoms with E-state index >= 15 is 0 Å². The summed E-state index contributed by atoms with van der Waals surface area (Å²) in [6.45, 7) is 11.9. The SMILES string of the molecule is C/C(=C/C[C@@H](C)[C@@H]1C[C@H]1C)[C@H]1CC[C@H]2[C@@H]3[C@H](O)C[C@@H]4C[C@H](O)CC[C@]4(C)[C@H]3C[C@@H](O)[C@]12C. The van der Waals surface area contributed by atoms with Crippen molar-refractivity contribution in [2.24, 2.45) is 58.2 Å². The maximum atomic E-state index is 11.7. The highest BCUT2D eigenvalue weighted by Crippen LogP contribution is 2.68. The van der Waals surface area contributed by atoms with Crippen molar-refractivity contribution in [1.82, 2.24) is 0 Å². The second-order valence-corrected chi connectivity index (χ2v) is 13.5. The van der Waals surface area contributed by atoms with Crippen molar-refractivity contribution < 1.29 is 15.3 Å². The van der Waals surface area contributed by atoms with Gasteiger partial charge in [-0.1, -0.05) is 39.3 Å². The van der Waals surface area contributed by atoms with Crippen LogP contribution in [0.2, 0.25) is 0 Å². The van der Waals surface area contributed by atoms with Crippen molar-refractivity contribution in [2.75, 3.05) is 0 Å². The van der Waals surface area contributed by atoms with Crippen LogP contribution in [0.15, 0.2) is 11.6 Å². The molecule has 3 nitrogen and oxygen atoms in total. The van der Waals surface area contributed by atoms with E-state index in [1.165, 1.54) is 18.4 Å². The van der Waals surface area contributed by atoms with Crippen LogP contribution in [-0.4, -0.2) is 33.6 Å². The fourth-order valence-corrected chi connectivity index (χ4v) is 9.74. The van der Waals surface area contributed by atoms with Gasteiger partial charge in [0.05, 0.1) is 18.3 Å². The summed E-state index contributed by atoms with van der Waals surface area (Å²) in [5.41, 5.74) is 1.53. The molecule has 0 aromatic rings. The molecule has 0 bridgehead atoms. The van der Waals surface area contributed by atoms with Crippen molar-refractivity contribution in [2.45, 2.75) is 111 Å². The van der Waals surface area contributed by atoms with Crippen LogP contribution in [0.25, 0.3) is 0 Å². The molecule has 0 unspecified atom stereocenters. The second-order valence-electron chi connectivity index (χ2n) is 13.5. The molecule has 182 valence electrons. The molecule has 0 heterocycles. The van der Waals surface area contributed by atoms with Crippen LogP contribution in [0.1, 0.15) is 92.4 Å². The van der Waals surface area contributed by atoms with Gasteiger partial charge in [0.15, 0.2) is 0 Å². The third kappa shape index (κ3) is 3.47. The van der Waals surface area contributed by atoms with E-state index in [0.717, 1.165) is 62.7 Å². The van der Waals surface area contributed by atoms with Crippen molar-refractivity contribution >= 4 is 0 Å². The van der Waals surface area contributed by atoms with Gasteiger partial charge < -0.3 is 15.3 Å². The first-order chi connectivity index (χ1) is 15.1. The fourth-order valence-electron chi connectivity index (χ4n) is 9.74. The molecule has 5 rings (SSSR count). The predicted molar refractivity (Wildman–Crippen MR) is 129 cm³/mol. The summed E-state index contributed by atoms with van der Waals surface area (Å²) in [4.78, 5) is 0. The third-order valence-corrected chi connectivity index (χ3v) is 12.0. The van der Waals surface area contributed by atoms with Gasteiger partial charge in [0.1, 0.15) is 0 Å². The zero-order valence-corrected chi connectivity index (χ0v) is 21.1. The predicted octanol–water partition coefficient (Wildman–Crippen LogP) is 5.58. The van der Waals surface area contributed by atoms with E-state index in [0.29, 0.717) is 29.6 Å². The minimum atomic E-state index is -0.292. The standard InChI is InChI=1S/C29H48O3/c1-16(21-12-18(21)3)6-7-17(2)22-8-9-23-27-24(15-26(32)29(22,23)5)28(4)11-10-20(30)13-19(28)14-25(27)31/h7,16,18-27,30-32H,6,8-15H2,1-5H3/b17-7-/t16-,18-,19+,20-,21+,22-,23+,24+,25-,26-,27+,28+,29-/m1/s1. The van der Waals surface area contributed by atoms with Gasteiger partial charge in [0.25, 0.3) is 0 Å². The molecule has 0 aliphatic heterocycles. The smallest absolute Gasteiger partial charge is 0.0605 e. The minimum Gasteiger partial charge on any atom is -0.393 e. The maximum absolute atomic E-state index is 11.7. The molecule has 0 radical (unpaired) electrons. The zero-order chi connectivity index (χ0) is 23.0. The molecular formula is C29H48O3. The summed E-state index contributed by atoms with van der Waals surface area (Å²) in [6.07, 6.45) is 11.0. The molecule has 5 aliphatic carbocycles. The average Bonchev–Trinajstić information content (AvgIpc) is 3.36. The molecule has 3 N–H and O–H groups in total. The van der Waals surface area contributed by atoms with E-state index in [9.17, 15) is 15.3 Å². The fraction of sp³-hybridized carbons (Fsp3) is 0.931. The minimum absolute atomic E-state index is 0.115. The molecule has 0 spiro atoms. The molecule has 5 saturated carbocycles. The molecular weight excluding hydrogens is 396 g/mol. The lowest BCUT2D eigenvalue weighted by atomic mass is 9.43. The highest BCUT2D eigenvalue weighted by atomic mass is 16.3. The number of aliphatic hydroxyl groups excluding tert-OH is 3. The monoisotopic (exact) mass is 444 g/mol. The quantitative estimate of drug-likeness (QED) is 0.496. The van der Waals surface area contributed by atoms with E-state index in [2.05, 4.69) is 40.7 Å². The molecule has 0 aromatic heterocycles. The molecule has 13 atom stereocenters. The number of fused-ring (bicyclic) bond motifs is 5. The highest BCUT2D eigenvalue weighted by molar-refractivity contribution is 5.20. The normalized spacial score (nSPS) is 56.2. The van der Waals surface area contributed by atoms with Gasteiger partial charge in [-0.15, -0.1) is 0 Å². The van der Waals surface area contributed by atoms with Crippen LogP contribution in [0.3, 0.4) is 0 Å². The van der Waals surface area contributed by atoms with Crippen molar-refractivity contribution in [3.05, 3.63) is 11.6 Å². The van der Waals surface area contributed by atoms with Crippen LogP contribution < -0.4 is 0 Å². The van der Waals surface area contributed by atoms with Gasteiger partial charge in [-0.3, -0.25) is 0 Å². The van der Waals surface area contributed by atoms with Crippen molar-refractivity contribution in [3.63, 3.8) is 0 Å². The van der Waals surface area contributed by atoms with Gasteiger partial charge in [-0.2, -0.15) is 0 Å². The summed E-state index contributed by atoms with van der Waals surface area (Å²) < 4.78 is 0. The van der Waals surface area contributed by atoms with Gasteiger partial charge in [0, 0.05) is 5.41 Å². The van der Waals surface area contributed by atoms with E-state index in [1.807, 2.05) is 0 Å². The summed E-state index contributed by atoms with van der Waals surface area (Å²) in [5.74, 6) is 4.52. The maximum Gasteiger partial charge on any atom is 0.0605 e. The Kier molecular flexibility index (Phi) is 5.91. The molecule has 0 aromatic carbocycles. The first-order valence-corrected chi connectivity index (χ1v) is 13.8. The van der Waals surface area contributed by atoms with Crippen LogP contribution in [0, 0.1) is 58.2 Å². The third-order valence-electron chi connectivity index (χ3n) is 12.0. The molecule has 5 aliphatic rings. The lowest BCUT2D eigenvalue weighted by Crippen LogP contribution is -2.62. The van der Waals surface area contributed by atoms with E-state index in [4.69, 9.17) is 0 Å². The zero-order valence-electron chi connectivity index (χ0n) is 21.1. The Morgan fingerprint density at radius 3 is 2.41 bits per heavy atom. The molecule has 0 amide bonds. The number of aliphatic hydroxyl groups is 3. The Morgan fingerprint density at radius 1 is 1.00 bits per heavy atom. The average molecular weight is 445 g/mol. The van der Waals surface area contributed by atoms with Gasteiger partial charge in [-0.25, -0.2) is 0 Å². The summed E-state index contributed by atoms with van der Waals surface area (Å²) >= 11 is 0. The van der Waals surface area contributed by atoms with Crippen LogP contribution in [-0.2, 0) is 0 Å². The Labute approximate surface area is 196 Å². The lowest BCUT2D eigenvalue weighted by molar-refractivity contribution is -0.202. The Hall–Kier alpha value is -0.380. The second kappa shape index (κ2) is 8.09. The molecule has 32 heavy (non-hydrogen) atoms. The largest absolute Gasteiger partial charge is 0.393 e. The van der Waals surface area contributed by atoms with Gasteiger partial charge in [-0.05, 0) is 117 Å². The van der Waals surface area contributed by atoms with Crippen LogP contribution in [0.4, 0.5) is 0 Å². The van der Waals surface area contributed by atoms with Crippen LogP contribution in [0.5, 0.6) is 0 Å². The summed E-state index contributed by atoms with van der Waals surface area (Å²) in [5, 5.41) is 33.4. The topological polar surface area (TPSA) is 60.7 Å². The Balaban J connectivity index is 1.38. The van der Waals surface area contributed by atoms with E-state index < -0.39 is 0 Å². The number of hydrogen-bond acceptors (Lipinski definition) is 3. The van der Waals surface area contributed by atoms with E-state index in [1.54, 1.807) is 0 Å². The van der Waals surface area contributed by atoms with Gasteiger partial charge >= 0.3 is 0 Å². The molecule has 5 fully saturated rings. The Bertz CT molecular complexity index is 747. The number of allylic oxidation sites excluding steroid dienone is 2. The van der Waals surface area contributed by atoms with Gasteiger partial charge in [0.2, 0.25) is 0 Å². The lowest BCUT2D eigenvalue weighted by Gasteiger charge is -2.63. The molecule has 0 saturated heterocycles. The highest BCUT2D eigenvalue weighted by Gasteiger charge is 2.65. The van der Waals surface area contributed by atoms with E-state index in [-0.39, 0.29) is 29.1 Å². The summed E-state index contributed by atoms with van der Waals surface area (Å²) in [6, 6.07) is 0. The number of hydrogen-bond donors (Lipinski definition) is 3. The van der Waals surface area contributed by atoms with Crippen molar-refractivity contribution in [1.29, 1.82) is 0 Å². The number of rotatable bonds is 4. The van der Waals surface area contributed by atoms with Crippen LogP contribution >= 0.6 is 0 Å². The first kappa shape index (κ1) is 23.4.